The number of primary amides is 1. The number of piperidine rings is 1. The zero-order chi connectivity index (χ0) is 21.1. The van der Waals surface area contributed by atoms with Gasteiger partial charge < -0.3 is 16.0 Å². The van der Waals surface area contributed by atoms with Crippen molar-refractivity contribution in [1.29, 1.82) is 0 Å². The van der Waals surface area contributed by atoms with E-state index in [0.717, 1.165) is 29.3 Å². The second-order valence-electron chi connectivity index (χ2n) is 7.50. The summed E-state index contributed by atoms with van der Waals surface area (Å²) in [6.07, 6.45) is 1.72. The average molecular weight is 405 g/mol. The first-order valence-electron chi connectivity index (χ1n) is 9.91. The van der Waals surface area contributed by atoms with Crippen molar-refractivity contribution in [3.63, 3.8) is 0 Å². The summed E-state index contributed by atoms with van der Waals surface area (Å²) in [4.78, 5) is 38.1. The quantitative estimate of drug-likeness (QED) is 0.599. The number of benzene rings is 2. The topological polar surface area (TPSA) is 121 Å². The molecule has 0 spiro atoms. The van der Waals surface area contributed by atoms with E-state index in [2.05, 4.69) is 15.5 Å². The van der Waals surface area contributed by atoms with Crippen LogP contribution in [0.3, 0.4) is 0 Å². The molecule has 1 aliphatic heterocycles. The van der Waals surface area contributed by atoms with Crippen molar-refractivity contribution in [2.24, 2.45) is 5.73 Å². The van der Waals surface area contributed by atoms with Gasteiger partial charge >= 0.3 is 0 Å². The fourth-order valence-corrected chi connectivity index (χ4v) is 3.83. The zero-order valence-electron chi connectivity index (χ0n) is 16.4. The fraction of sp³-hybridized carbons (Fsp3) is 0.273. The average Bonchev–Trinajstić information content (AvgIpc) is 3.28. The first-order valence-corrected chi connectivity index (χ1v) is 9.91. The Morgan fingerprint density at radius 2 is 1.93 bits per heavy atom. The smallest absolute Gasteiger partial charge is 0.269 e. The third-order valence-electron chi connectivity index (χ3n) is 5.48. The molecule has 3 aromatic rings. The number of carbonyl (C=O) groups excluding carboxylic acids is 3. The minimum atomic E-state index is -0.586. The van der Waals surface area contributed by atoms with E-state index in [1.165, 1.54) is 0 Å². The molecule has 1 aromatic heterocycles. The standard InChI is InChI=1S/C22H23N5O3/c23-21(29)19-11-18(25-26-19)17-6-3-9-27(13-17)20(28)12-24-22(30)16-8-7-14-4-1-2-5-15(14)10-16/h1-2,4-5,7-8,10-11,17H,3,6,9,12-13H2,(H2,23,29)(H,24,30)(H,25,26)/t17-/m1/s1. The number of fused-ring (bicyclic) bond motifs is 1. The molecule has 0 unspecified atom stereocenters. The van der Waals surface area contributed by atoms with Crippen LogP contribution >= 0.6 is 0 Å². The molecule has 3 amide bonds. The molecule has 1 fully saturated rings. The van der Waals surface area contributed by atoms with Crippen molar-refractivity contribution in [2.75, 3.05) is 19.6 Å². The third-order valence-corrected chi connectivity index (χ3v) is 5.48. The maximum Gasteiger partial charge on any atom is 0.269 e. The van der Waals surface area contributed by atoms with E-state index in [1.807, 2.05) is 36.4 Å². The molecule has 2 aromatic carbocycles. The Morgan fingerprint density at radius 3 is 2.70 bits per heavy atom. The van der Waals surface area contributed by atoms with Gasteiger partial charge in [0.2, 0.25) is 5.91 Å². The van der Waals surface area contributed by atoms with E-state index >= 15 is 0 Å². The lowest BCUT2D eigenvalue weighted by atomic mass is 9.94. The van der Waals surface area contributed by atoms with Crippen LogP contribution in [0.1, 0.15) is 45.3 Å². The highest BCUT2D eigenvalue weighted by Crippen LogP contribution is 2.26. The first kappa shape index (κ1) is 19.6. The van der Waals surface area contributed by atoms with E-state index in [0.29, 0.717) is 18.7 Å². The molecule has 4 N–H and O–H groups in total. The Kier molecular flexibility index (Phi) is 5.47. The van der Waals surface area contributed by atoms with Crippen LogP contribution in [0.4, 0.5) is 0 Å². The molecule has 0 saturated carbocycles. The van der Waals surface area contributed by atoms with Crippen LogP contribution in [0, 0.1) is 0 Å². The molecule has 8 heteroatoms. The Hall–Kier alpha value is -3.68. The molecule has 4 rings (SSSR count). The predicted octanol–water partition coefficient (Wildman–Crippen LogP) is 1.80. The number of hydrogen-bond donors (Lipinski definition) is 3. The number of nitrogens with zero attached hydrogens (tertiary/aromatic N) is 2. The number of likely N-dealkylation sites (tertiary alicyclic amines) is 1. The maximum atomic E-state index is 12.6. The molecular weight excluding hydrogens is 382 g/mol. The molecule has 8 nitrogen and oxygen atoms in total. The Bertz CT molecular complexity index is 1110. The van der Waals surface area contributed by atoms with Gasteiger partial charge in [-0.2, -0.15) is 5.10 Å². The van der Waals surface area contributed by atoms with E-state index in [1.54, 1.807) is 17.0 Å². The Balaban J connectivity index is 1.35. The maximum absolute atomic E-state index is 12.6. The highest BCUT2D eigenvalue weighted by atomic mass is 16.2. The number of aromatic amines is 1. The molecule has 154 valence electrons. The van der Waals surface area contributed by atoms with Gasteiger partial charge in [-0.15, -0.1) is 0 Å². The molecule has 0 radical (unpaired) electrons. The number of nitrogens with one attached hydrogen (secondary N) is 2. The zero-order valence-corrected chi connectivity index (χ0v) is 16.4. The van der Waals surface area contributed by atoms with Gasteiger partial charge in [-0.05, 0) is 41.8 Å². The minimum absolute atomic E-state index is 0.0551. The normalized spacial score (nSPS) is 16.4. The lowest BCUT2D eigenvalue weighted by Gasteiger charge is -2.32. The molecule has 0 aliphatic carbocycles. The van der Waals surface area contributed by atoms with Gasteiger partial charge in [0.1, 0.15) is 5.69 Å². The van der Waals surface area contributed by atoms with Crippen molar-refractivity contribution in [2.45, 2.75) is 18.8 Å². The summed E-state index contributed by atoms with van der Waals surface area (Å²) in [6, 6.07) is 14.9. The van der Waals surface area contributed by atoms with Crippen LogP contribution < -0.4 is 11.1 Å². The van der Waals surface area contributed by atoms with Gasteiger partial charge in [0.05, 0.1) is 6.54 Å². The van der Waals surface area contributed by atoms with E-state index in [4.69, 9.17) is 5.73 Å². The van der Waals surface area contributed by atoms with E-state index in [-0.39, 0.29) is 30.0 Å². The van der Waals surface area contributed by atoms with Crippen molar-refractivity contribution < 1.29 is 14.4 Å². The summed E-state index contributed by atoms with van der Waals surface area (Å²) in [6.45, 7) is 1.08. The van der Waals surface area contributed by atoms with Crippen molar-refractivity contribution in [1.82, 2.24) is 20.4 Å². The van der Waals surface area contributed by atoms with Gasteiger partial charge in [-0.25, -0.2) is 0 Å². The van der Waals surface area contributed by atoms with E-state index in [9.17, 15) is 14.4 Å². The number of H-pyrrole nitrogens is 1. The van der Waals surface area contributed by atoms with E-state index < -0.39 is 5.91 Å². The van der Waals surface area contributed by atoms with Gasteiger partial charge in [0.15, 0.2) is 0 Å². The van der Waals surface area contributed by atoms with Crippen LogP contribution in [0.5, 0.6) is 0 Å². The molecule has 1 atom stereocenters. The second-order valence-corrected chi connectivity index (χ2v) is 7.50. The number of rotatable bonds is 5. The van der Waals surface area contributed by atoms with Crippen LogP contribution in [0.2, 0.25) is 0 Å². The summed E-state index contributed by atoms with van der Waals surface area (Å²) in [5.41, 5.74) is 6.76. The number of carbonyl (C=O) groups is 3. The predicted molar refractivity (Wildman–Crippen MR) is 112 cm³/mol. The summed E-state index contributed by atoms with van der Waals surface area (Å²) in [7, 11) is 0. The second kappa shape index (κ2) is 8.36. The molecule has 2 heterocycles. The SMILES string of the molecule is NC(=O)c1cc([C@@H]2CCCN(C(=O)CNC(=O)c3ccc4ccccc4c3)C2)[nH]n1. The highest BCUT2D eigenvalue weighted by molar-refractivity contribution is 6.00. The number of hydrogen-bond acceptors (Lipinski definition) is 4. The summed E-state index contributed by atoms with van der Waals surface area (Å²) < 4.78 is 0. The molecule has 1 aliphatic rings. The monoisotopic (exact) mass is 405 g/mol. The van der Waals surface area contributed by atoms with Gasteiger partial charge in [-0.1, -0.05) is 30.3 Å². The molecule has 1 saturated heterocycles. The lowest BCUT2D eigenvalue weighted by Crippen LogP contribution is -2.44. The summed E-state index contributed by atoms with van der Waals surface area (Å²) in [5.74, 6) is -0.942. The van der Waals surface area contributed by atoms with Gasteiger partial charge in [0.25, 0.3) is 11.8 Å². The van der Waals surface area contributed by atoms with Gasteiger partial charge in [-0.3, -0.25) is 19.5 Å². The number of nitrogens with two attached hydrogens (primary N) is 1. The number of aromatic nitrogens is 2. The summed E-state index contributed by atoms with van der Waals surface area (Å²) >= 11 is 0. The molecule has 30 heavy (non-hydrogen) atoms. The van der Waals surface area contributed by atoms with Crippen molar-refractivity contribution >= 4 is 28.5 Å². The fourth-order valence-electron chi connectivity index (χ4n) is 3.83. The highest BCUT2D eigenvalue weighted by Gasteiger charge is 2.26. The number of amides is 3. The largest absolute Gasteiger partial charge is 0.364 e. The minimum Gasteiger partial charge on any atom is -0.364 e. The Morgan fingerprint density at radius 1 is 1.13 bits per heavy atom. The molecule has 0 bridgehead atoms. The Labute approximate surface area is 173 Å². The third kappa shape index (κ3) is 4.17. The van der Waals surface area contributed by atoms with Crippen LogP contribution in [0.25, 0.3) is 10.8 Å². The molecular formula is C22H23N5O3. The summed E-state index contributed by atoms with van der Waals surface area (Å²) in [5, 5.41) is 11.5. The van der Waals surface area contributed by atoms with Crippen molar-refractivity contribution in [3.05, 3.63) is 65.5 Å². The van der Waals surface area contributed by atoms with Crippen LogP contribution in [0.15, 0.2) is 48.5 Å². The van der Waals surface area contributed by atoms with Crippen LogP contribution in [-0.2, 0) is 4.79 Å². The lowest BCUT2D eigenvalue weighted by molar-refractivity contribution is -0.131. The first-order chi connectivity index (χ1) is 14.5. The van der Waals surface area contributed by atoms with Gasteiger partial charge in [0, 0.05) is 30.3 Å². The van der Waals surface area contributed by atoms with Crippen molar-refractivity contribution in [3.8, 4) is 0 Å². The van der Waals surface area contributed by atoms with Crippen LogP contribution in [-0.4, -0.2) is 52.5 Å².